The number of rotatable bonds is 5. The van der Waals surface area contributed by atoms with Crippen LogP contribution in [0.1, 0.15) is 35.3 Å². The number of carbonyl (C=O) groups excluding carboxylic acids is 2. The van der Waals surface area contributed by atoms with Crippen molar-refractivity contribution in [3.05, 3.63) is 65.2 Å². The summed E-state index contributed by atoms with van der Waals surface area (Å²) in [4.78, 5) is 25.8. The van der Waals surface area contributed by atoms with Crippen LogP contribution in [0.25, 0.3) is 0 Å². The van der Waals surface area contributed by atoms with Crippen LogP contribution in [-0.2, 0) is 23.8 Å². The molecule has 1 heterocycles. The van der Waals surface area contributed by atoms with Crippen LogP contribution in [0.3, 0.4) is 0 Å². The summed E-state index contributed by atoms with van der Waals surface area (Å²) in [6.07, 6.45) is -1.17. The lowest BCUT2D eigenvalue weighted by molar-refractivity contribution is -0.173. The molecule has 0 N–H and O–H groups in total. The van der Waals surface area contributed by atoms with Crippen LogP contribution in [0, 0.1) is 12.3 Å². The standard InChI is InChI=1S/C22H24O6/c1-14-7-5-6-8-17(14)19-22(20(23)26-3,21(24)27-4)13-18(28-19)15-9-11-16(25-2)12-10-15/h5-12,18-19H,13H2,1-4H3/t18-,19-/m1/s1. The number of hydrogen-bond acceptors (Lipinski definition) is 6. The normalized spacial score (nSPS) is 20.4. The second-order valence-electron chi connectivity index (χ2n) is 6.79. The summed E-state index contributed by atoms with van der Waals surface area (Å²) in [6, 6.07) is 14.9. The average molecular weight is 384 g/mol. The summed E-state index contributed by atoms with van der Waals surface area (Å²) in [6.45, 7) is 1.92. The van der Waals surface area contributed by atoms with Crippen LogP contribution in [0.4, 0.5) is 0 Å². The lowest BCUT2D eigenvalue weighted by Gasteiger charge is -2.29. The smallest absolute Gasteiger partial charge is 0.326 e. The van der Waals surface area contributed by atoms with Gasteiger partial charge in [0, 0.05) is 6.42 Å². The molecule has 2 atom stereocenters. The minimum Gasteiger partial charge on any atom is -0.497 e. The molecule has 0 saturated carbocycles. The molecule has 0 radical (unpaired) electrons. The molecule has 6 heteroatoms. The van der Waals surface area contributed by atoms with Gasteiger partial charge in [-0.1, -0.05) is 36.4 Å². The second-order valence-corrected chi connectivity index (χ2v) is 6.79. The SMILES string of the molecule is COC(=O)C1(C(=O)OC)C[C@H](c2ccc(OC)cc2)O[C@@H]1c1ccccc1C. The number of esters is 2. The minimum absolute atomic E-state index is 0.123. The Morgan fingerprint density at radius 3 is 2.11 bits per heavy atom. The molecule has 1 aliphatic heterocycles. The van der Waals surface area contributed by atoms with Gasteiger partial charge in [-0.25, -0.2) is 0 Å². The van der Waals surface area contributed by atoms with E-state index in [4.69, 9.17) is 18.9 Å². The summed E-state index contributed by atoms with van der Waals surface area (Å²) < 4.78 is 21.6. The quantitative estimate of drug-likeness (QED) is 0.580. The largest absolute Gasteiger partial charge is 0.497 e. The zero-order valence-electron chi connectivity index (χ0n) is 16.4. The monoisotopic (exact) mass is 384 g/mol. The van der Waals surface area contributed by atoms with E-state index in [1.165, 1.54) is 14.2 Å². The van der Waals surface area contributed by atoms with Crippen molar-refractivity contribution in [2.24, 2.45) is 5.41 Å². The van der Waals surface area contributed by atoms with Gasteiger partial charge in [0.25, 0.3) is 0 Å². The van der Waals surface area contributed by atoms with Crippen molar-refractivity contribution in [1.29, 1.82) is 0 Å². The van der Waals surface area contributed by atoms with E-state index in [0.717, 1.165) is 16.7 Å². The molecular weight excluding hydrogens is 360 g/mol. The van der Waals surface area contributed by atoms with Gasteiger partial charge in [0.1, 0.15) is 11.9 Å². The molecule has 6 nitrogen and oxygen atoms in total. The molecule has 0 aliphatic carbocycles. The number of carbonyl (C=O) groups is 2. The fourth-order valence-electron chi connectivity index (χ4n) is 3.79. The first-order valence-corrected chi connectivity index (χ1v) is 8.99. The van der Waals surface area contributed by atoms with E-state index in [1.54, 1.807) is 7.11 Å². The average Bonchev–Trinajstić information content (AvgIpc) is 3.14. The van der Waals surface area contributed by atoms with Crippen LogP contribution in [0.15, 0.2) is 48.5 Å². The van der Waals surface area contributed by atoms with E-state index in [-0.39, 0.29) is 6.42 Å². The topological polar surface area (TPSA) is 71.1 Å². The van der Waals surface area contributed by atoms with E-state index < -0.39 is 29.6 Å². The van der Waals surface area contributed by atoms with E-state index in [9.17, 15) is 9.59 Å². The molecule has 1 fully saturated rings. The van der Waals surface area contributed by atoms with Gasteiger partial charge >= 0.3 is 11.9 Å². The minimum atomic E-state index is -1.58. The zero-order valence-corrected chi connectivity index (χ0v) is 16.4. The highest BCUT2D eigenvalue weighted by molar-refractivity contribution is 6.01. The lowest BCUT2D eigenvalue weighted by atomic mass is 9.75. The Labute approximate surface area is 164 Å². The summed E-state index contributed by atoms with van der Waals surface area (Å²) in [5.74, 6) is -0.614. The van der Waals surface area contributed by atoms with Gasteiger partial charge in [-0.3, -0.25) is 9.59 Å². The molecule has 1 aliphatic rings. The predicted octanol–water partition coefficient (Wildman–Crippen LogP) is 3.54. The highest BCUT2D eigenvalue weighted by Crippen LogP contribution is 2.55. The molecule has 0 bridgehead atoms. The van der Waals surface area contributed by atoms with Gasteiger partial charge in [0.05, 0.1) is 27.4 Å². The third kappa shape index (κ3) is 3.24. The molecule has 0 amide bonds. The first-order chi connectivity index (χ1) is 13.5. The molecule has 2 aromatic rings. The molecule has 0 aromatic heterocycles. The third-order valence-corrected chi connectivity index (χ3v) is 5.31. The maximum absolute atomic E-state index is 12.9. The van der Waals surface area contributed by atoms with Gasteiger partial charge in [0.2, 0.25) is 0 Å². The molecule has 0 spiro atoms. The Balaban J connectivity index is 2.11. The Hall–Kier alpha value is -2.86. The van der Waals surface area contributed by atoms with Crippen molar-refractivity contribution in [2.45, 2.75) is 25.6 Å². The zero-order chi connectivity index (χ0) is 20.3. The van der Waals surface area contributed by atoms with E-state index in [0.29, 0.717) is 5.75 Å². The second kappa shape index (κ2) is 8.02. The van der Waals surface area contributed by atoms with Gasteiger partial charge in [-0.05, 0) is 35.7 Å². The molecule has 2 aromatic carbocycles. The number of methoxy groups -OCH3 is 3. The number of ether oxygens (including phenoxy) is 4. The Morgan fingerprint density at radius 2 is 1.57 bits per heavy atom. The van der Waals surface area contributed by atoms with Crippen LogP contribution in [-0.4, -0.2) is 33.3 Å². The highest BCUT2D eigenvalue weighted by atomic mass is 16.6. The van der Waals surface area contributed by atoms with Gasteiger partial charge < -0.3 is 18.9 Å². The highest BCUT2D eigenvalue weighted by Gasteiger charge is 2.62. The van der Waals surface area contributed by atoms with Crippen LogP contribution in [0.5, 0.6) is 5.75 Å². The number of benzene rings is 2. The summed E-state index contributed by atoms with van der Waals surface area (Å²) >= 11 is 0. The van der Waals surface area contributed by atoms with Crippen molar-refractivity contribution in [2.75, 3.05) is 21.3 Å². The molecule has 3 rings (SSSR count). The van der Waals surface area contributed by atoms with Crippen molar-refractivity contribution < 1.29 is 28.5 Å². The summed E-state index contributed by atoms with van der Waals surface area (Å²) in [5, 5.41) is 0. The van der Waals surface area contributed by atoms with Crippen molar-refractivity contribution >= 4 is 11.9 Å². The van der Waals surface area contributed by atoms with E-state index >= 15 is 0 Å². The Morgan fingerprint density at radius 1 is 0.964 bits per heavy atom. The fraction of sp³-hybridized carbons (Fsp3) is 0.364. The summed E-state index contributed by atoms with van der Waals surface area (Å²) in [7, 11) is 4.13. The van der Waals surface area contributed by atoms with Crippen LogP contribution >= 0.6 is 0 Å². The fourth-order valence-corrected chi connectivity index (χ4v) is 3.79. The van der Waals surface area contributed by atoms with E-state index in [1.807, 2.05) is 55.5 Å². The predicted molar refractivity (Wildman–Crippen MR) is 102 cm³/mol. The maximum Gasteiger partial charge on any atom is 0.326 e. The molecule has 28 heavy (non-hydrogen) atoms. The van der Waals surface area contributed by atoms with Gasteiger partial charge in [-0.15, -0.1) is 0 Å². The molecule has 0 unspecified atom stereocenters. The third-order valence-electron chi connectivity index (χ3n) is 5.31. The first kappa shape index (κ1) is 19.9. The van der Waals surface area contributed by atoms with Gasteiger partial charge in [-0.2, -0.15) is 0 Å². The van der Waals surface area contributed by atoms with Crippen molar-refractivity contribution in [1.82, 2.24) is 0 Å². The van der Waals surface area contributed by atoms with E-state index in [2.05, 4.69) is 0 Å². The Bertz CT molecular complexity index is 842. The number of aryl methyl sites for hydroxylation is 1. The first-order valence-electron chi connectivity index (χ1n) is 8.99. The molecular formula is C22H24O6. The Kier molecular flexibility index (Phi) is 5.70. The van der Waals surface area contributed by atoms with Crippen LogP contribution in [0.2, 0.25) is 0 Å². The van der Waals surface area contributed by atoms with Crippen molar-refractivity contribution in [3.8, 4) is 5.75 Å². The maximum atomic E-state index is 12.9. The van der Waals surface area contributed by atoms with Crippen molar-refractivity contribution in [3.63, 3.8) is 0 Å². The molecule has 1 saturated heterocycles. The number of hydrogen-bond donors (Lipinski definition) is 0. The van der Waals surface area contributed by atoms with Crippen LogP contribution < -0.4 is 4.74 Å². The van der Waals surface area contributed by atoms with Gasteiger partial charge in [0.15, 0.2) is 5.41 Å². The summed E-state index contributed by atoms with van der Waals surface area (Å²) in [5.41, 5.74) is 0.934. The lowest BCUT2D eigenvalue weighted by Crippen LogP contribution is -2.43. The molecule has 148 valence electrons.